The minimum absolute atomic E-state index is 0.0236. The Morgan fingerprint density at radius 3 is 2.87 bits per heavy atom. The van der Waals surface area contributed by atoms with Crippen LogP contribution in [0.3, 0.4) is 0 Å². The highest BCUT2D eigenvalue weighted by Crippen LogP contribution is 2.53. The minimum Gasteiger partial charge on any atom is -0.493 e. The van der Waals surface area contributed by atoms with Crippen molar-refractivity contribution in [2.45, 2.75) is 25.3 Å². The molecule has 0 spiro atoms. The number of methoxy groups -OCH3 is 1. The fraction of sp³-hybridized carbons (Fsp3) is 0.368. The first-order chi connectivity index (χ1) is 11.0. The number of nitrogens with one attached hydrogen (secondary N) is 1. The molecule has 0 radical (unpaired) electrons. The average Bonchev–Trinajstić information content (AvgIpc) is 2.55. The fourth-order valence-corrected chi connectivity index (χ4v) is 4.29. The Labute approximate surface area is 145 Å². The zero-order chi connectivity index (χ0) is 16.2. The number of hydrogen-bond acceptors (Lipinski definition) is 3. The van der Waals surface area contributed by atoms with Crippen LogP contribution in [0.5, 0.6) is 11.5 Å². The second-order valence-electron chi connectivity index (χ2n) is 6.83. The van der Waals surface area contributed by atoms with Gasteiger partial charge in [0.1, 0.15) is 0 Å². The molecule has 120 valence electrons. The molecule has 4 rings (SSSR count). The second-order valence-corrected chi connectivity index (χ2v) is 7.75. The molecular weight excluding hydrogens is 354 g/mol. The summed E-state index contributed by atoms with van der Waals surface area (Å²) in [5, 5.41) is 3.73. The van der Waals surface area contributed by atoms with Crippen molar-refractivity contribution in [3.63, 3.8) is 0 Å². The highest BCUT2D eigenvalue weighted by molar-refractivity contribution is 9.10. The van der Waals surface area contributed by atoms with E-state index in [0.717, 1.165) is 16.0 Å². The molecule has 0 aromatic heterocycles. The predicted molar refractivity (Wildman–Crippen MR) is 95.5 cm³/mol. The lowest BCUT2D eigenvalue weighted by Crippen LogP contribution is -2.46. The number of anilines is 1. The summed E-state index contributed by atoms with van der Waals surface area (Å²) in [6.45, 7) is 5.31. The third-order valence-corrected chi connectivity index (χ3v) is 5.78. The maximum Gasteiger partial charge on any atom is 0.166 e. The lowest BCUT2D eigenvalue weighted by Gasteiger charge is -2.48. The Morgan fingerprint density at radius 2 is 2.09 bits per heavy atom. The van der Waals surface area contributed by atoms with E-state index >= 15 is 0 Å². The fourth-order valence-electron chi connectivity index (χ4n) is 3.93. The van der Waals surface area contributed by atoms with Gasteiger partial charge in [0.05, 0.1) is 19.8 Å². The third kappa shape index (κ3) is 2.15. The highest BCUT2D eigenvalue weighted by Gasteiger charge is 2.46. The zero-order valence-corrected chi connectivity index (χ0v) is 15.1. The summed E-state index contributed by atoms with van der Waals surface area (Å²) in [4.78, 5) is 0. The van der Waals surface area contributed by atoms with Gasteiger partial charge in [0.2, 0.25) is 0 Å². The number of para-hydroxylation sites is 1. The summed E-state index contributed by atoms with van der Waals surface area (Å²) in [5.74, 6) is 2.05. The molecule has 2 atom stereocenters. The number of hydrogen-bond donors (Lipinski definition) is 1. The number of rotatable bonds is 1. The summed E-state index contributed by atoms with van der Waals surface area (Å²) in [5.41, 5.74) is 3.75. The average molecular weight is 374 g/mol. The quantitative estimate of drug-likeness (QED) is 0.769. The van der Waals surface area contributed by atoms with Crippen LogP contribution >= 0.6 is 15.9 Å². The van der Waals surface area contributed by atoms with Crippen molar-refractivity contribution in [3.05, 3.63) is 52.0 Å². The van der Waals surface area contributed by atoms with Gasteiger partial charge < -0.3 is 14.8 Å². The van der Waals surface area contributed by atoms with E-state index in [4.69, 9.17) is 9.47 Å². The van der Waals surface area contributed by atoms with E-state index in [1.165, 1.54) is 16.8 Å². The monoisotopic (exact) mass is 373 g/mol. The van der Waals surface area contributed by atoms with Crippen molar-refractivity contribution in [1.82, 2.24) is 0 Å². The first-order valence-electron chi connectivity index (χ1n) is 7.88. The van der Waals surface area contributed by atoms with Crippen LogP contribution in [0.25, 0.3) is 0 Å². The van der Waals surface area contributed by atoms with Crippen molar-refractivity contribution in [1.29, 1.82) is 0 Å². The van der Waals surface area contributed by atoms with E-state index in [1.54, 1.807) is 7.11 Å². The molecule has 0 saturated carbocycles. The van der Waals surface area contributed by atoms with E-state index in [-0.39, 0.29) is 11.5 Å². The molecule has 3 nitrogen and oxygen atoms in total. The highest BCUT2D eigenvalue weighted by atomic mass is 79.9. The van der Waals surface area contributed by atoms with Gasteiger partial charge in [-0.2, -0.15) is 0 Å². The summed E-state index contributed by atoms with van der Waals surface area (Å²) in [6, 6.07) is 12.8. The van der Waals surface area contributed by atoms with Crippen molar-refractivity contribution in [2.75, 3.05) is 19.0 Å². The van der Waals surface area contributed by atoms with Gasteiger partial charge in [-0.3, -0.25) is 0 Å². The van der Waals surface area contributed by atoms with Crippen LogP contribution in [0.1, 0.15) is 31.0 Å². The Bertz CT molecular complexity index is 772. The topological polar surface area (TPSA) is 30.5 Å². The molecule has 2 aromatic rings. The summed E-state index contributed by atoms with van der Waals surface area (Å²) in [6.07, 6.45) is 0. The molecule has 2 aliphatic rings. The molecule has 2 aromatic carbocycles. The largest absolute Gasteiger partial charge is 0.493 e. The van der Waals surface area contributed by atoms with Crippen molar-refractivity contribution in [2.24, 2.45) is 5.92 Å². The molecule has 2 aliphatic heterocycles. The van der Waals surface area contributed by atoms with Gasteiger partial charge in [0.15, 0.2) is 11.5 Å². The molecule has 0 amide bonds. The molecule has 0 bridgehead atoms. The van der Waals surface area contributed by atoms with Crippen LogP contribution in [0.4, 0.5) is 5.69 Å². The molecule has 23 heavy (non-hydrogen) atoms. The maximum atomic E-state index is 6.12. The van der Waals surface area contributed by atoms with E-state index in [9.17, 15) is 0 Å². The van der Waals surface area contributed by atoms with Crippen molar-refractivity contribution in [3.8, 4) is 11.5 Å². The Morgan fingerprint density at radius 1 is 1.26 bits per heavy atom. The smallest absolute Gasteiger partial charge is 0.166 e. The normalized spacial score (nSPS) is 23.7. The molecule has 0 saturated heterocycles. The second kappa shape index (κ2) is 5.17. The van der Waals surface area contributed by atoms with E-state index < -0.39 is 0 Å². The number of ether oxygens (including phenoxy) is 2. The van der Waals surface area contributed by atoms with Crippen LogP contribution in [0.2, 0.25) is 0 Å². The summed E-state index contributed by atoms with van der Waals surface area (Å²) in [7, 11) is 1.69. The molecular formula is C19H20BrNO2. The first kappa shape index (κ1) is 14.9. The molecule has 1 N–H and O–H groups in total. The zero-order valence-electron chi connectivity index (χ0n) is 13.5. The Hall–Kier alpha value is -1.68. The van der Waals surface area contributed by atoms with Crippen molar-refractivity contribution >= 4 is 21.6 Å². The van der Waals surface area contributed by atoms with E-state index in [1.807, 2.05) is 12.1 Å². The number of fused-ring (bicyclic) bond motifs is 4. The van der Waals surface area contributed by atoms with E-state index in [0.29, 0.717) is 12.5 Å². The standard InChI is InChI=1S/C19H20BrNO2/c1-19(2)13-9-11(20)7-8-15(13)21-17-12-5-4-6-16(22-3)18(12)23-10-14(17)19/h4-9,14,17,21H,10H2,1-3H3/t14-,17+/m0/s1. The SMILES string of the molecule is COc1cccc2c1OC[C@H]1[C@@H]2Nc2ccc(Br)cc2C1(C)C. The molecule has 0 aliphatic carbocycles. The van der Waals surface area contributed by atoms with Gasteiger partial charge in [-0.25, -0.2) is 0 Å². The van der Waals surface area contributed by atoms with Gasteiger partial charge in [-0.05, 0) is 29.8 Å². The molecule has 0 fully saturated rings. The van der Waals surface area contributed by atoms with Crippen LogP contribution < -0.4 is 14.8 Å². The van der Waals surface area contributed by atoms with Gasteiger partial charge >= 0.3 is 0 Å². The van der Waals surface area contributed by atoms with Gasteiger partial charge in [-0.1, -0.05) is 41.9 Å². The molecule has 2 heterocycles. The number of halogens is 1. The summed E-state index contributed by atoms with van der Waals surface area (Å²) < 4.78 is 12.7. The predicted octanol–water partition coefficient (Wildman–Crippen LogP) is 4.91. The van der Waals surface area contributed by atoms with Crippen LogP contribution in [-0.4, -0.2) is 13.7 Å². The maximum absolute atomic E-state index is 6.12. The minimum atomic E-state index is 0.0236. The van der Waals surface area contributed by atoms with Crippen LogP contribution in [0.15, 0.2) is 40.9 Å². The Balaban J connectivity index is 1.86. The Kier molecular flexibility index (Phi) is 3.34. The van der Waals surface area contributed by atoms with E-state index in [2.05, 4.69) is 59.4 Å². The van der Waals surface area contributed by atoms with Crippen molar-refractivity contribution < 1.29 is 9.47 Å². The lowest BCUT2D eigenvalue weighted by molar-refractivity contribution is 0.131. The molecule has 4 heteroatoms. The van der Waals surface area contributed by atoms with Gasteiger partial charge in [0.25, 0.3) is 0 Å². The summed E-state index contributed by atoms with van der Waals surface area (Å²) >= 11 is 3.60. The van der Waals surface area contributed by atoms with Gasteiger partial charge in [0, 0.05) is 27.1 Å². The van der Waals surface area contributed by atoms with Crippen LogP contribution in [0, 0.1) is 5.92 Å². The molecule has 0 unspecified atom stereocenters. The third-order valence-electron chi connectivity index (χ3n) is 5.29. The first-order valence-corrected chi connectivity index (χ1v) is 8.68. The van der Waals surface area contributed by atoms with Gasteiger partial charge in [-0.15, -0.1) is 0 Å². The van der Waals surface area contributed by atoms with Crippen LogP contribution in [-0.2, 0) is 5.41 Å². The lowest BCUT2D eigenvalue weighted by atomic mass is 9.65. The number of benzene rings is 2.